The molecule has 0 saturated heterocycles. The van der Waals surface area contributed by atoms with Crippen LogP contribution in [0.1, 0.15) is 36.0 Å². The van der Waals surface area contributed by atoms with E-state index in [4.69, 9.17) is 11.6 Å². The Morgan fingerprint density at radius 1 is 1.12 bits per heavy atom. The summed E-state index contributed by atoms with van der Waals surface area (Å²) in [6.07, 6.45) is 4.83. The molecule has 3 amide bonds. The average molecular weight is 350 g/mol. The maximum atomic E-state index is 12.7. The standard InChI is InChI=1S/C18H24ClN3O2/c1-21(2)17(23)14-9-8-13(19)10-15(14)20-18(24)22(3)16(11-4-5-11)12-6-7-12/h8-12,16H,4-7H2,1-3H3,(H,20,24). The first-order chi connectivity index (χ1) is 11.4. The van der Waals surface area contributed by atoms with Gasteiger partial charge >= 0.3 is 6.03 Å². The molecule has 0 aliphatic heterocycles. The molecule has 0 radical (unpaired) electrons. The number of hydrogen-bond donors (Lipinski definition) is 1. The van der Waals surface area contributed by atoms with Crippen molar-refractivity contribution in [2.75, 3.05) is 26.5 Å². The van der Waals surface area contributed by atoms with Gasteiger partial charge in [-0.05, 0) is 55.7 Å². The van der Waals surface area contributed by atoms with Crippen molar-refractivity contribution in [2.45, 2.75) is 31.7 Å². The van der Waals surface area contributed by atoms with E-state index in [1.807, 2.05) is 11.9 Å². The zero-order chi connectivity index (χ0) is 17.4. The highest BCUT2D eigenvalue weighted by molar-refractivity contribution is 6.31. The van der Waals surface area contributed by atoms with Crippen LogP contribution in [0.4, 0.5) is 10.5 Å². The van der Waals surface area contributed by atoms with Crippen LogP contribution in [0.25, 0.3) is 0 Å². The van der Waals surface area contributed by atoms with E-state index < -0.39 is 0 Å². The topological polar surface area (TPSA) is 52.7 Å². The average Bonchev–Trinajstić information content (AvgIpc) is 3.41. The lowest BCUT2D eigenvalue weighted by molar-refractivity contribution is 0.0828. The maximum Gasteiger partial charge on any atom is 0.321 e. The lowest BCUT2D eigenvalue weighted by Crippen LogP contribution is -2.42. The van der Waals surface area contributed by atoms with Crippen molar-refractivity contribution in [3.63, 3.8) is 0 Å². The van der Waals surface area contributed by atoms with E-state index in [1.54, 1.807) is 32.3 Å². The molecule has 2 aliphatic rings. The summed E-state index contributed by atoms with van der Waals surface area (Å²) in [4.78, 5) is 28.3. The Kier molecular flexibility index (Phi) is 4.72. The molecule has 5 nitrogen and oxygen atoms in total. The fourth-order valence-corrected chi connectivity index (χ4v) is 3.45. The Hall–Kier alpha value is -1.75. The van der Waals surface area contributed by atoms with Crippen LogP contribution in [0.5, 0.6) is 0 Å². The van der Waals surface area contributed by atoms with E-state index in [1.165, 1.54) is 30.6 Å². The fourth-order valence-electron chi connectivity index (χ4n) is 3.28. The van der Waals surface area contributed by atoms with Crippen LogP contribution in [0.3, 0.4) is 0 Å². The van der Waals surface area contributed by atoms with Gasteiger partial charge in [0.05, 0.1) is 11.3 Å². The summed E-state index contributed by atoms with van der Waals surface area (Å²) in [5.74, 6) is 1.11. The molecular weight excluding hydrogens is 326 g/mol. The second-order valence-corrected chi connectivity index (χ2v) is 7.53. The predicted molar refractivity (Wildman–Crippen MR) is 95.5 cm³/mol. The minimum atomic E-state index is -0.172. The third kappa shape index (κ3) is 3.66. The summed E-state index contributed by atoms with van der Waals surface area (Å²) in [5, 5.41) is 3.38. The van der Waals surface area contributed by atoms with Gasteiger partial charge < -0.3 is 15.1 Å². The zero-order valence-electron chi connectivity index (χ0n) is 14.4. The number of halogens is 1. The van der Waals surface area contributed by atoms with E-state index in [0.29, 0.717) is 34.2 Å². The predicted octanol–water partition coefficient (Wildman–Crippen LogP) is 3.69. The molecule has 0 atom stereocenters. The summed E-state index contributed by atoms with van der Waals surface area (Å²) < 4.78 is 0. The number of hydrogen-bond acceptors (Lipinski definition) is 2. The van der Waals surface area contributed by atoms with Crippen molar-refractivity contribution in [3.05, 3.63) is 28.8 Å². The summed E-state index contributed by atoms with van der Waals surface area (Å²) >= 11 is 6.06. The van der Waals surface area contributed by atoms with Gasteiger partial charge in [-0.3, -0.25) is 4.79 Å². The Bertz CT molecular complexity index is 642. The first-order valence-electron chi connectivity index (χ1n) is 8.43. The van der Waals surface area contributed by atoms with Gasteiger partial charge in [0.25, 0.3) is 5.91 Å². The Balaban J connectivity index is 1.78. The van der Waals surface area contributed by atoms with Gasteiger partial charge in [0.2, 0.25) is 0 Å². The van der Waals surface area contributed by atoms with Crippen molar-refractivity contribution in [1.82, 2.24) is 9.80 Å². The molecule has 6 heteroatoms. The second-order valence-electron chi connectivity index (χ2n) is 7.10. The van der Waals surface area contributed by atoms with E-state index in [9.17, 15) is 9.59 Å². The minimum absolute atomic E-state index is 0.162. The smallest absolute Gasteiger partial charge is 0.321 e. The second kappa shape index (κ2) is 6.63. The quantitative estimate of drug-likeness (QED) is 0.881. The van der Waals surface area contributed by atoms with Crippen molar-refractivity contribution in [1.29, 1.82) is 0 Å². The molecule has 0 heterocycles. The number of carbonyl (C=O) groups is 2. The van der Waals surface area contributed by atoms with Crippen LogP contribution in [0, 0.1) is 11.8 Å². The number of carbonyl (C=O) groups excluding carboxylic acids is 2. The van der Waals surface area contributed by atoms with E-state index >= 15 is 0 Å². The number of rotatable bonds is 5. The van der Waals surface area contributed by atoms with E-state index in [0.717, 1.165) is 0 Å². The molecule has 0 spiro atoms. The SMILES string of the molecule is CN(C)C(=O)c1ccc(Cl)cc1NC(=O)N(C)C(C1CC1)C1CC1. The van der Waals surface area contributed by atoms with Crippen molar-refractivity contribution >= 4 is 29.2 Å². The summed E-state index contributed by atoms with van der Waals surface area (Å²) in [7, 11) is 5.23. The van der Waals surface area contributed by atoms with Gasteiger partial charge in [0.15, 0.2) is 0 Å². The highest BCUT2D eigenvalue weighted by atomic mass is 35.5. The Morgan fingerprint density at radius 3 is 2.21 bits per heavy atom. The van der Waals surface area contributed by atoms with Gasteiger partial charge in [-0.25, -0.2) is 4.79 Å². The molecule has 1 N–H and O–H groups in total. The monoisotopic (exact) mass is 349 g/mol. The van der Waals surface area contributed by atoms with Crippen molar-refractivity contribution in [3.8, 4) is 0 Å². The lowest BCUT2D eigenvalue weighted by atomic mass is 10.1. The third-order valence-corrected chi connectivity index (χ3v) is 5.07. The van der Waals surface area contributed by atoms with Gasteiger partial charge in [-0.15, -0.1) is 0 Å². The number of amides is 3. The number of anilines is 1. The third-order valence-electron chi connectivity index (χ3n) is 4.84. The van der Waals surface area contributed by atoms with Crippen LogP contribution in [-0.2, 0) is 0 Å². The van der Waals surface area contributed by atoms with E-state index in [2.05, 4.69) is 5.32 Å². The molecular formula is C18H24ClN3O2. The molecule has 2 fully saturated rings. The van der Waals surface area contributed by atoms with Gasteiger partial charge in [0, 0.05) is 32.2 Å². The number of urea groups is 1. The normalized spacial score (nSPS) is 16.9. The van der Waals surface area contributed by atoms with Crippen LogP contribution in [0.15, 0.2) is 18.2 Å². The molecule has 24 heavy (non-hydrogen) atoms. The maximum absolute atomic E-state index is 12.7. The Labute approximate surface area is 147 Å². The summed E-state index contributed by atoms with van der Waals surface area (Å²) in [5.41, 5.74) is 0.906. The molecule has 130 valence electrons. The van der Waals surface area contributed by atoms with Crippen molar-refractivity contribution in [2.24, 2.45) is 11.8 Å². The molecule has 1 aromatic rings. The first kappa shape index (κ1) is 17.1. The van der Waals surface area contributed by atoms with Gasteiger partial charge in [0.1, 0.15) is 0 Å². The first-order valence-corrected chi connectivity index (χ1v) is 8.81. The fraction of sp³-hybridized carbons (Fsp3) is 0.556. The van der Waals surface area contributed by atoms with E-state index in [-0.39, 0.29) is 11.9 Å². The van der Waals surface area contributed by atoms with Crippen LogP contribution in [0.2, 0.25) is 5.02 Å². The lowest BCUT2D eigenvalue weighted by Gasteiger charge is -2.29. The van der Waals surface area contributed by atoms with Crippen molar-refractivity contribution < 1.29 is 9.59 Å². The van der Waals surface area contributed by atoms with Crippen LogP contribution in [-0.4, -0.2) is 48.9 Å². The number of nitrogens with zero attached hydrogens (tertiary/aromatic N) is 2. The molecule has 0 unspecified atom stereocenters. The summed E-state index contributed by atoms with van der Waals surface area (Å²) in [6.45, 7) is 0. The highest BCUT2D eigenvalue weighted by Gasteiger charge is 2.45. The molecule has 1 aromatic carbocycles. The highest BCUT2D eigenvalue weighted by Crippen LogP contribution is 2.46. The van der Waals surface area contributed by atoms with Gasteiger partial charge in [-0.1, -0.05) is 11.6 Å². The largest absolute Gasteiger partial charge is 0.345 e. The number of nitrogens with one attached hydrogen (secondary N) is 1. The Morgan fingerprint density at radius 2 is 1.71 bits per heavy atom. The molecule has 2 saturated carbocycles. The molecule has 2 aliphatic carbocycles. The number of benzene rings is 1. The molecule has 0 aromatic heterocycles. The van der Waals surface area contributed by atoms with Gasteiger partial charge in [-0.2, -0.15) is 0 Å². The summed E-state index contributed by atoms with van der Waals surface area (Å²) in [6, 6.07) is 5.09. The van der Waals surface area contributed by atoms with Crippen LogP contribution < -0.4 is 5.32 Å². The molecule has 0 bridgehead atoms. The molecule has 3 rings (SSSR count). The zero-order valence-corrected chi connectivity index (χ0v) is 15.1. The van der Waals surface area contributed by atoms with Crippen LogP contribution >= 0.6 is 11.6 Å². The minimum Gasteiger partial charge on any atom is -0.345 e.